The van der Waals surface area contributed by atoms with Crippen LogP contribution in [0.4, 0.5) is 0 Å². The molecule has 14 heavy (non-hydrogen) atoms. The first-order valence-electron chi connectivity index (χ1n) is 5.86. The molecule has 0 unspecified atom stereocenters. The minimum absolute atomic E-state index is 0.186. The largest absolute Gasteiger partial charge is 0.481 e. The summed E-state index contributed by atoms with van der Waals surface area (Å²) in [5.41, 5.74) is 0.593. The van der Waals surface area contributed by atoms with Crippen molar-refractivity contribution in [2.45, 2.75) is 58.3 Å². The van der Waals surface area contributed by atoms with E-state index in [1.807, 2.05) is 0 Å². The quantitative estimate of drug-likeness (QED) is 0.749. The SMILES string of the molecule is CCC1(C2(CC(=O)O)CCC2)CCC1. The van der Waals surface area contributed by atoms with Gasteiger partial charge in [-0.25, -0.2) is 0 Å². The highest BCUT2D eigenvalue weighted by Crippen LogP contribution is 2.66. The first-order valence-corrected chi connectivity index (χ1v) is 5.86. The minimum Gasteiger partial charge on any atom is -0.481 e. The maximum atomic E-state index is 10.9. The number of hydrogen-bond acceptors (Lipinski definition) is 1. The summed E-state index contributed by atoms with van der Waals surface area (Å²) in [5, 5.41) is 8.99. The van der Waals surface area contributed by atoms with E-state index >= 15 is 0 Å². The van der Waals surface area contributed by atoms with Crippen LogP contribution in [0.5, 0.6) is 0 Å². The van der Waals surface area contributed by atoms with Crippen molar-refractivity contribution < 1.29 is 9.90 Å². The van der Waals surface area contributed by atoms with Crippen LogP contribution in [0.3, 0.4) is 0 Å². The Balaban J connectivity index is 2.14. The summed E-state index contributed by atoms with van der Waals surface area (Å²) < 4.78 is 0. The van der Waals surface area contributed by atoms with Crippen molar-refractivity contribution in [1.82, 2.24) is 0 Å². The highest BCUT2D eigenvalue weighted by atomic mass is 16.4. The van der Waals surface area contributed by atoms with Gasteiger partial charge in [0.1, 0.15) is 0 Å². The number of aliphatic carboxylic acids is 1. The van der Waals surface area contributed by atoms with Gasteiger partial charge >= 0.3 is 5.97 Å². The molecule has 0 atom stereocenters. The second-order valence-corrected chi connectivity index (χ2v) is 5.19. The lowest BCUT2D eigenvalue weighted by Crippen LogP contribution is -2.51. The molecule has 80 valence electrons. The van der Waals surface area contributed by atoms with Crippen molar-refractivity contribution in [3.05, 3.63) is 0 Å². The Kier molecular flexibility index (Phi) is 2.32. The van der Waals surface area contributed by atoms with Crippen LogP contribution >= 0.6 is 0 Å². The smallest absolute Gasteiger partial charge is 0.303 e. The zero-order valence-corrected chi connectivity index (χ0v) is 9.01. The lowest BCUT2D eigenvalue weighted by Gasteiger charge is -2.60. The molecule has 2 aliphatic carbocycles. The molecule has 0 radical (unpaired) electrons. The molecule has 2 heteroatoms. The molecule has 0 aromatic carbocycles. The standard InChI is InChI=1S/C12H20O2/c1-2-11(5-3-6-11)12(7-4-8-12)9-10(13)14/h2-9H2,1H3,(H,13,14). The van der Waals surface area contributed by atoms with Crippen molar-refractivity contribution in [3.8, 4) is 0 Å². The van der Waals surface area contributed by atoms with Gasteiger partial charge in [0, 0.05) is 0 Å². The van der Waals surface area contributed by atoms with Crippen molar-refractivity contribution in [2.75, 3.05) is 0 Å². The van der Waals surface area contributed by atoms with Crippen LogP contribution in [0, 0.1) is 10.8 Å². The second-order valence-electron chi connectivity index (χ2n) is 5.19. The Labute approximate surface area is 85.7 Å². The van der Waals surface area contributed by atoms with Crippen molar-refractivity contribution >= 4 is 5.97 Å². The van der Waals surface area contributed by atoms with E-state index in [1.165, 1.54) is 32.1 Å². The first-order chi connectivity index (χ1) is 6.64. The van der Waals surface area contributed by atoms with Gasteiger partial charge in [0.05, 0.1) is 6.42 Å². The molecule has 2 nitrogen and oxygen atoms in total. The van der Waals surface area contributed by atoms with Crippen LogP contribution in [-0.4, -0.2) is 11.1 Å². The summed E-state index contributed by atoms with van der Waals surface area (Å²) in [6, 6.07) is 0. The molecule has 0 aliphatic heterocycles. The molecule has 0 aromatic heterocycles. The molecule has 0 aromatic rings. The van der Waals surface area contributed by atoms with Crippen LogP contribution in [0.25, 0.3) is 0 Å². The zero-order valence-electron chi connectivity index (χ0n) is 9.01. The van der Waals surface area contributed by atoms with Gasteiger partial charge in [-0.1, -0.05) is 19.8 Å². The molecule has 1 N–H and O–H groups in total. The molecule has 2 saturated carbocycles. The highest BCUT2D eigenvalue weighted by Gasteiger charge is 2.56. The summed E-state index contributed by atoms with van der Waals surface area (Å²) in [5.74, 6) is -0.593. The maximum absolute atomic E-state index is 10.9. The van der Waals surface area contributed by atoms with Gasteiger partial charge in [-0.2, -0.15) is 0 Å². The van der Waals surface area contributed by atoms with E-state index in [1.54, 1.807) is 0 Å². The summed E-state index contributed by atoms with van der Waals surface area (Å²) in [6.45, 7) is 2.24. The fraction of sp³-hybridized carbons (Fsp3) is 0.917. The van der Waals surface area contributed by atoms with E-state index in [0.29, 0.717) is 11.8 Å². The number of hydrogen-bond donors (Lipinski definition) is 1. The Hall–Kier alpha value is -0.530. The van der Waals surface area contributed by atoms with E-state index < -0.39 is 5.97 Å². The van der Waals surface area contributed by atoms with E-state index in [4.69, 9.17) is 5.11 Å². The molecule has 2 rings (SSSR count). The number of carboxylic acids is 1. The van der Waals surface area contributed by atoms with Gasteiger partial charge in [0.25, 0.3) is 0 Å². The molecule has 0 amide bonds. The van der Waals surface area contributed by atoms with Gasteiger partial charge in [-0.05, 0) is 42.9 Å². The monoisotopic (exact) mass is 196 g/mol. The van der Waals surface area contributed by atoms with E-state index in [2.05, 4.69) is 6.92 Å². The third kappa shape index (κ3) is 1.19. The third-order valence-electron chi connectivity index (χ3n) is 4.91. The molecule has 2 aliphatic rings. The van der Waals surface area contributed by atoms with Crippen molar-refractivity contribution in [1.29, 1.82) is 0 Å². The van der Waals surface area contributed by atoms with Gasteiger partial charge in [-0.15, -0.1) is 0 Å². The summed E-state index contributed by atoms with van der Waals surface area (Å²) in [6.07, 6.45) is 9.03. The lowest BCUT2D eigenvalue weighted by atomic mass is 9.44. The summed E-state index contributed by atoms with van der Waals surface area (Å²) >= 11 is 0. The summed E-state index contributed by atoms with van der Waals surface area (Å²) in [4.78, 5) is 10.9. The second kappa shape index (κ2) is 3.25. The Morgan fingerprint density at radius 3 is 1.86 bits per heavy atom. The third-order valence-corrected chi connectivity index (χ3v) is 4.91. The summed E-state index contributed by atoms with van der Waals surface area (Å²) in [7, 11) is 0. The number of carbonyl (C=O) groups is 1. The first kappa shape index (κ1) is 10.0. The lowest BCUT2D eigenvalue weighted by molar-refractivity contribution is -0.155. The average Bonchev–Trinajstić information content (AvgIpc) is 1.97. The van der Waals surface area contributed by atoms with E-state index in [9.17, 15) is 4.79 Å². The molecular formula is C12H20O2. The van der Waals surface area contributed by atoms with Gasteiger partial charge < -0.3 is 5.11 Å². The molecule has 0 bridgehead atoms. The molecule has 0 saturated heterocycles. The van der Waals surface area contributed by atoms with Crippen LogP contribution < -0.4 is 0 Å². The fourth-order valence-corrected chi connectivity index (χ4v) is 3.65. The van der Waals surface area contributed by atoms with E-state index in [-0.39, 0.29) is 5.41 Å². The normalized spacial score (nSPS) is 27.5. The Morgan fingerprint density at radius 1 is 1.14 bits per heavy atom. The van der Waals surface area contributed by atoms with Crippen molar-refractivity contribution in [2.24, 2.45) is 10.8 Å². The highest BCUT2D eigenvalue weighted by molar-refractivity contribution is 5.68. The minimum atomic E-state index is -0.593. The molecule has 0 heterocycles. The van der Waals surface area contributed by atoms with Crippen molar-refractivity contribution in [3.63, 3.8) is 0 Å². The Bertz CT molecular complexity index is 231. The predicted molar refractivity (Wildman–Crippen MR) is 55.1 cm³/mol. The number of carboxylic acid groups (broad SMARTS) is 1. The van der Waals surface area contributed by atoms with Crippen LogP contribution in [-0.2, 0) is 4.79 Å². The van der Waals surface area contributed by atoms with E-state index in [0.717, 1.165) is 12.8 Å². The topological polar surface area (TPSA) is 37.3 Å². The molecule has 2 fully saturated rings. The van der Waals surface area contributed by atoms with Crippen LogP contribution in [0.2, 0.25) is 0 Å². The predicted octanol–water partition coefficient (Wildman–Crippen LogP) is 3.21. The van der Waals surface area contributed by atoms with Crippen LogP contribution in [0.1, 0.15) is 58.3 Å². The number of rotatable bonds is 4. The average molecular weight is 196 g/mol. The van der Waals surface area contributed by atoms with Gasteiger partial charge in [0.2, 0.25) is 0 Å². The molecule has 0 spiro atoms. The zero-order chi connectivity index (χ0) is 10.2. The van der Waals surface area contributed by atoms with Gasteiger partial charge in [0.15, 0.2) is 0 Å². The maximum Gasteiger partial charge on any atom is 0.303 e. The Morgan fingerprint density at radius 2 is 1.64 bits per heavy atom. The van der Waals surface area contributed by atoms with Crippen LogP contribution in [0.15, 0.2) is 0 Å². The molecular weight excluding hydrogens is 176 g/mol. The van der Waals surface area contributed by atoms with Gasteiger partial charge in [-0.3, -0.25) is 4.79 Å². The fourth-order valence-electron chi connectivity index (χ4n) is 3.65.